The van der Waals surface area contributed by atoms with Gasteiger partial charge in [0, 0.05) is 11.8 Å². The van der Waals surface area contributed by atoms with Crippen molar-refractivity contribution >= 4 is 17.9 Å². The average molecular weight is 338 g/mol. The monoisotopic (exact) mass is 338 g/mol. The van der Waals surface area contributed by atoms with Crippen molar-refractivity contribution in [3.8, 4) is 0 Å². The van der Waals surface area contributed by atoms with Crippen LogP contribution in [0.2, 0.25) is 0 Å². The minimum absolute atomic E-state index is 0.115. The summed E-state index contributed by atoms with van der Waals surface area (Å²) < 4.78 is 16.1. The van der Waals surface area contributed by atoms with E-state index in [1.54, 1.807) is 13.8 Å². The lowest BCUT2D eigenvalue weighted by atomic mass is 9.68. The summed E-state index contributed by atoms with van der Waals surface area (Å²) in [5.74, 6) is -0.810. The molecule has 2 aliphatic carbocycles. The summed E-state index contributed by atoms with van der Waals surface area (Å²) in [6, 6.07) is 0. The zero-order valence-electron chi connectivity index (χ0n) is 15.0. The molecule has 2 bridgehead atoms. The van der Waals surface area contributed by atoms with Crippen LogP contribution in [0.5, 0.6) is 0 Å². The van der Waals surface area contributed by atoms with Gasteiger partial charge < -0.3 is 14.2 Å². The minimum atomic E-state index is -0.621. The zero-order chi connectivity index (χ0) is 17.9. The van der Waals surface area contributed by atoms with Gasteiger partial charge in [-0.1, -0.05) is 13.8 Å². The second-order valence-corrected chi connectivity index (χ2v) is 8.22. The maximum Gasteiger partial charge on any atom is 0.344 e. The maximum absolute atomic E-state index is 12.2. The van der Waals surface area contributed by atoms with Gasteiger partial charge in [-0.05, 0) is 39.5 Å². The van der Waals surface area contributed by atoms with Crippen molar-refractivity contribution in [3.05, 3.63) is 0 Å². The van der Waals surface area contributed by atoms with E-state index in [0.29, 0.717) is 6.42 Å². The van der Waals surface area contributed by atoms with Gasteiger partial charge in [-0.25, -0.2) is 4.79 Å². The van der Waals surface area contributed by atoms with Crippen molar-refractivity contribution in [2.75, 3.05) is 6.61 Å². The molecule has 6 unspecified atom stereocenters. The van der Waals surface area contributed by atoms with Crippen molar-refractivity contribution in [1.82, 2.24) is 0 Å². The first kappa shape index (κ1) is 17.2. The second kappa shape index (κ2) is 5.46. The third-order valence-electron chi connectivity index (χ3n) is 6.73. The highest BCUT2D eigenvalue weighted by Crippen LogP contribution is 2.65. The van der Waals surface area contributed by atoms with Gasteiger partial charge in [0.1, 0.15) is 12.2 Å². The average Bonchev–Trinajstić information content (AvgIpc) is 3.08. The Morgan fingerprint density at radius 1 is 1.38 bits per heavy atom. The lowest BCUT2D eigenvalue weighted by Crippen LogP contribution is -2.44. The standard InChI is InChI=1S/C18H26O6/c1-6-17(3,4)15(20)22-8-12(19)23-13-10-7-11-14(13)24-16(21)18(11,5)9(10)2/h9-11,13-14H,6-8H2,1-5H3. The summed E-state index contributed by atoms with van der Waals surface area (Å²) >= 11 is 0. The Hall–Kier alpha value is -1.59. The number of rotatable bonds is 5. The molecule has 134 valence electrons. The van der Waals surface area contributed by atoms with Crippen LogP contribution >= 0.6 is 0 Å². The molecule has 6 heteroatoms. The van der Waals surface area contributed by atoms with Gasteiger partial charge in [0.15, 0.2) is 6.61 Å². The largest absolute Gasteiger partial charge is 0.458 e. The summed E-state index contributed by atoms with van der Waals surface area (Å²) in [6.45, 7) is 9.02. The van der Waals surface area contributed by atoms with Crippen LogP contribution in [0.1, 0.15) is 47.5 Å². The highest BCUT2D eigenvalue weighted by molar-refractivity contribution is 5.82. The Morgan fingerprint density at radius 2 is 2.04 bits per heavy atom. The van der Waals surface area contributed by atoms with E-state index >= 15 is 0 Å². The molecular formula is C18H26O6. The van der Waals surface area contributed by atoms with E-state index in [4.69, 9.17) is 14.2 Å². The van der Waals surface area contributed by atoms with Crippen molar-refractivity contribution in [2.45, 2.75) is 59.7 Å². The molecule has 1 saturated heterocycles. The van der Waals surface area contributed by atoms with E-state index in [1.165, 1.54) is 0 Å². The topological polar surface area (TPSA) is 78.9 Å². The first-order chi connectivity index (χ1) is 11.1. The van der Waals surface area contributed by atoms with Crippen LogP contribution < -0.4 is 0 Å². The normalized spacial score (nSPS) is 39.7. The van der Waals surface area contributed by atoms with Crippen LogP contribution in [-0.4, -0.2) is 36.7 Å². The predicted molar refractivity (Wildman–Crippen MR) is 83.7 cm³/mol. The first-order valence-corrected chi connectivity index (χ1v) is 8.70. The molecule has 0 N–H and O–H groups in total. The number of hydrogen-bond donors (Lipinski definition) is 0. The molecule has 24 heavy (non-hydrogen) atoms. The number of carbonyl (C=O) groups is 3. The minimum Gasteiger partial charge on any atom is -0.458 e. The van der Waals surface area contributed by atoms with E-state index in [1.807, 2.05) is 20.8 Å². The van der Waals surface area contributed by atoms with E-state index < -0.39 is 35.5 Å². The van der Waals surface area contributed by atoms with E-state index in [0.717, 1.165) is 6.42 Å². The van der Waals surface area contributed by atoms with Crippen molar-refractivity contribution in [1.29, 1.82) is 0 Å². The van der Waals surface area contributed by atoms with Crippen molar-refractivity contribution in [2.24, 2.45) is 28.6 Å². The van der Waals surface area contributed by atoms with Crippen molar-refractivity contribution in [3.63, 3.8) is 0 Å². The Morgan fingerprint density at radius 3 is 2.67 bits per heavy atom. The van der Waals surface area contributed by atoms with Gasteiger partial charge in [-0.3, -0.25) is 9.59 Å². The molecular weight excluding hydrogens is 312 g/mol. The molecule has 3 aliphatic rings. The summed E-state index contributed by atoms with van der Waals surface area (Å²) in [6.07, 6.45) is 0.695. The highest BCUT2D eigenvalue weighted by Gasteiger charge is 2.72. The first-order valence-electron chi connectivity index (χ1n) is 8.70. The summed E-state index contributed by atoms with van der Waals surface area (Å²) in [4.78, 5) is 36.2. The maximum atomic E-state index is 12.2. The molecule has 2 saturated carbocycles. The fraction of sp³-hybridized carbons (Fsp3) is 0.833. The molecule has 3 rings (SSSR count). The van der Waals surface area contributed by atoms with Crippen LogP contribution in [-0.2, 0) is 28.6 Å². The molecule has 6 nitrogen and oxygen atoms in total. The number of hydrogen-bond acceptors (Lipinski definition) is 6. The Kier molecular flexibility index (Phi) is 3.92. The molecule has 6 atom stereocenters. The molecule has 0 amide bonds. The Balaban J connectivity index is 1.59. The number of ether oxygens (including phenoxy) is 3. The number of esters is 3. The highest BCUT2D eigenvalue weighted by atomic mass is 16.6. The van der Waals surface area contributed by atoms with Gasteiger partial charge in [0.05, 0.1) is 10.8 Å². The zero-order valence-corrected chi connectivity index (χ0v) is 15.0. The fourth-order valence-corrected chi connectivity index (χ4v) is 4.43. The molecule has 1 heterocycles. The molecule has 0 spiro atoms. The molecule has 0 aromatic rings. The molecule has 1 aliphatic heterocycles. The van der Waals surface area contributed by atoms with Crippen LogP contribution in [0.15, 0.2) is 0 Å². The summed E-state index contributed by atoms with van der Waals surface area (Å²) in [5, 5.41) is 0. The van der Waals surface area contributed by atoms with Gasteiger partial charge in [0.2, 0.25) is 0 Å². The lowest BCUT2D eigenvalue weighted by molar-refractivity contribution is -0.173. The quantitative estimate of drug-likeness (QED) is 0.564. The molecule has 0 aromatic heterocycles. The lowest BCUT2D eigenvalue weighted by Gasteiger charge is -2.34. The number of fused-ring (bicyclic) bond motifs is 1. The van der Waals surface area contributed by atoms with Crippen LogP contribution in [0, 0.1) is 28.6 Å². The van der Waals surface area contributed by atoms with Gasteiger partial charge in [-0.2, -0.15) is 0 Å². The van der Waals surface area contributed by atoms with Crippen molar-refractivity contribution < 1.29 is 28.6 Å². The van der Waals surface area contributed by atoms with E-state index in [2.05, 4.69) is 0 Å². The second-order valence-electron chi connectivity index (χ2n) is 8.22. The van der Waals surface area contributed by atoms with Gasteiger partial charge in [-0.15, -0.1) is 0 Å². The summed E-state index contributed by atoms with van der Waals surface area (Å²) in [7, 11) is 0. The van der Waals surface area contributed by atoms with Crippen LogP contribution in [0.4, 0.5) is 0 Å². The van der Waals surface area contributed by atoms with Gasteiger partial charge in [0.25, 0.3) is 0 Å². The van der Waals surface area contributed by atoms with E-state index in [9.17, 15) is 14.4 Å². The summed E-state index contributed by atoms with van der Waals surface area (Å²) in [5.41, 5.74) is -1.07. The third-order valence-corrected chi connectivity index (χ3v) is 6.73. The molecule has 3 fully saturated rings. The Bertz CT molecular complexity index is 582. The number of carbonyl (C=O) groups excluding carboxylic acids is 3. The SMILES string of the molecule is CCC(C)(C)C(=O)OCC(=O)OC1C2CC3C1OC(=O)C3(C)C2C. The van der Waals surface area contributed by atoms with Crippen LogP contribution in [0.3, 0.4) is 0 Å². The van der Waals surface area contributed by atoms with Crippen LogP contribution in [0.25, 0.3) is 0 Å². The van der Waals surface area contributed by atoms with E-state index in [-0.39, 0.29) is 29.8 Å². The smallest absolute Gasteiger partial charge is 0.344 e. The third kappa shape index (κ3) is 2.25. The fourth-order valence-electron chi connectivity index (χ4n) is 4.43. The molecule has 0 aromatic carbocycles. The Labute approximate surface area is 142 Å². The van der Waals surface area contributed by atoms with Gasteiger partial charge >= 0.3 is 17.9 Å². The molecule has 0 radical (unpaired) electrons. The predicted octanol–water partition coefficient (Wildman–Crippen LogP) is 2.10.